The molecule has 1 aromatic rings. The van der Waals surface area contributed by atoms with E-state index in [0.717, 1.165) is 25.7 Å². The lowest BCUT2D eigenvalue weighted by Gasteiger charge is -2.34. The maximum atomic E-state index is 12.3. The molecule has 1 aromatic carbocycles. The quantitative estimate of drug-likeness (QED) is 0.762. The molecule has 4 heteroatoms. The van der Waals surface area contributed by atoms with E-state index in [9.17, 15) is 9.59 Å². The minimum Gasteiger partial charge on any atom is -0.326 e. The van der Waals surface area contributed by atoms with Crippen molar-refractivity contribution in [2.75, 3.05) is 0 Å². The monoisotopic (exact) mass is 244 g/mol. The van der Waals surface area contributed by atoms with Crippen molar-refractivity contribution in [3.63, 3.8) is 0 Å². The summed E-state index contributed by atoms with van der Waals surface area (Å²) in [5.41, 5.74) is 7.10. The highest BCUT2D eigenvalue weighted by molar-refractivity contribution is 6.21. The number of rotatable bonds is 1. The molecular formula is C14H16N2O2. The summed E-state index contributed by atoms with van der Waals surface area (Å²) in [6.07, 6.45) is 3.83. The van der Waals surface area contributed by atoms with E-state index >= 15 is 0 Å². The largest absolute Gasteiger partial charge is 0.326 e. The number of benzene rings is 1. The standard InChI is InChI=1S/C14H16N2O2/c15-11-7-3-4-8-12(11)16-13(17)9-5-1-2-6-10(9)14(16)18/h1-2,5-6,11-12H,3-4,7-8,15H2. The van der Waals surface area contributed by atoms with Crippen LogP contribution in [0.15, 0.2) is 24.3 Å². The Morgan fingerprint density at radius 2 is 1.56 bits per heavy atom. The lowest BCUT2D eigenvalue weighted by Crippen LogP contribution is -2.51. The lowest BCUT2D eigenvalue weighted by atomic mass is 9.90. The zero-order valence-electron chi connectivity index (χ0n) is 10.1. The zero-order valence-corrected chi connectivity index (χ0v) is 10.1. The van der Waals surface area contributed by atoms with E-state index in [1.54, 1.807) is 24.3 Å². The Bertz CT molecular complexity index is 477. The Hall–Kier alpha value is -1.68. The van der Waals surface area contributed by atoms with Crippen LogP contribution in [0, 0.1) is 0 Å². The van der Waals surface area contributed by atoms with Gasteiger partial charge in [-0.25, -0.2) is 0 Å². The van der Waals surface area contributed by atoms with Gasteiger partial charge in [0.25, 0.3) is 11.8 Å². The number of carbonyl (C=O) groups is 2. The van der Waals surface area contributed by atoms with E-state index in [2.05, 4.69) is 0 Å². The molecule has 94 valence electrons. The molecule has 2 N–H and O–H groups in total. The fraction of sp³-hybridized carbons (Fsp3) is 0.429. The minimum absolute atomic E-state index is 0.0824. The Labute approximate surface area is 106 Å². The fourth-order valence-electron chi connectivity index (χ4n) is 2.97. The van der Waals surface area contributed by atoms with Crippen molar-refractivity contribution in [3.8, 4) is 0 Å². The third-order valence-corrected chi connectivity index (χ3v) is 3.94. The summed E-state index contributed by atoms with van der Waals surface area (Å²) < 4.78 is 0. The van der Waals surface area contributed by atoms with Gasteiger partial charge in [-0.3, -0.25) is 14.5 Å². The second-order valence-electron chi connectivity index (χ2n) is 5.04. The van der Waals surface area contributed by atoms with Gasteiger partial charge in [-0.05, 0) is 25.0 Å². The first kappa shape index (κ1) is 11.4. The molecule has 1 heterocycles. The normalized spacial score (nSPS) is 27.5. The highest BCUT2D eigenvalue weighted by atomic mass is 16.2. The number of nitrogens with zero attached hydrogens (tertiary/aromatic N) is 1. The number of nitrogens with two attached hydrogens (primary N) is 1. The van der Waals surface area contributed by atoms with Crippen molar-refractivity contribution in [3.05, 3.63) is 35.4 Å². The van der Waals surface area contributed by atoms with Crippen LogP contribution in [0.3, 0.4) is 0 Å². The maximum absolute atomic E-state index is 12.3. The molecule has 2 atom stereocenters. The van der Waals surface area contributed by atoms with Gasteiger partial charge < -0.3 is 5.73 Å². The van der Waals surface area contributed by atoms with Gasteiger partial charge in [0.2, 0.25) is 0 Å². The molecule has 2 aliphatic rings. The van der Waals surface area contributed by atoms with E-state index < -0.39 is 0 Å². The molecule has 4 nitrogen and oxygen atoms in total. The summed E-state index contributed by atoms with van der Waals surface area (Å²) in [6, 6.07) is 6.78. The van der Waals surface area contributed by atoms with Crippen molar-refractivity contribution in [2.45, 2.75) is 37.8 Å². The number of hydrogen-bond acceptors (Lipinski definition) is 3. The minimum atomic E-state index is -0.182. The summed E-state index contributed by atoms with van der Waals surface area (Å²) in [6.45, 7) is 0. The van der Waals surface area contributed by atoms with Crippen LogP contribution in [-0.4, -0.2) is 28.8 Å². The van der Waals surface area contributed by atoms with Crippen molar-refractivity contribution in [1.29, 1.82) is 0 Å². The fourth-order valence-corrected chi connectivity index (χ4v) is 2.97. The highest BCUT2D eigenvalue weighted by Gasteiger charge is 2.42. The molecule has 0 radical (unpaired) electrons. The summed E-state index contributed by atoms with van der Waals surface area (Å²) in [5.74, 6) is -0.365. The van der Waals surface area contributed by atoms with Gasteiger partial charge in [0, 0.05) is 6.04 Å². The molecular weight excluding hydrogens is 228 g/mol. The molecule has 0 aromatic heterocycles. The Kier molecular flexibility index (Phi) is 2.67. The number of fused-ring (bicyclic) bond motifs is 1. The maximum Gasteiger partial charge on any atom is 0.261 e. The molecule has 0 saturated heterocycles. The first-order chi connectivity index (χ1) is 8.70. The number of amides is 2. The van der Waals surface area contributed by atoms with Crippen molar-refractivity contribution in [2.24, 2.45) is 5.73 Å². The van der Waals surface area contributed by atoms with Crippen molar-refractivity contribution >= 4 is 11.8 Å². The molecule has 18 heavy (non-hydrogen) atoms. The molecule has 0 spiro atoms. The molecule has 1 saturated carbocycles. The SMILES string of the molecule is NC1CCCCC1N1C(=O)c2ccccc2C1=O. The summed E-state index contributed by atoms with van der Waals surface area (Å²) >= 11 is 0. The summed E-state index contributed by atoms with van der Waals surface area (Å²) in [7, 11) is 0. The van der Waals surface area contributed by atoms with Gasteiger partial charge in [0.05, 0.1) is 17.2 Å². The number of carbonyl (C=O) groups excluding carboxylic acids is 2. The molecule has 2 unspecified atom stereocenters. The van der Waals surface area contributed by atoms with E-state index in [0.29, 0.717) is 11.1 Å². The van der Waals surface area contributed by atoms with Crippen molar-refractivity contribution in [1.82, 2.24) is 4.90 Å². The Morgan fingerprint density at radius 1 is 1.00 bits per heavy atom. The van der Waals surface area contributed by atoms with Crippen LogP contribution in [0.2, 0.25) is 0 Å². The summed E-state index contributed by atoms with van der Waals surface area (Å²) in [4.78, 5) is 26.0. The second-order valence-corrected chi connectivity index (χ2v) is 5.04. The molecule has 3 rings (SSSR count). The smallest absolute Gasteiger partial charge is 0.261 e. The number of imide groups is 1. The predicted molar refractivity (Wildman–Crippen MR) is 67.2 cm³/mol. The Morgan fingerprint density at radius 3 is 2.11 bits per heavy atom. The first-order valence-electron chi connectivity index (χ1n) is 6.42. The van der Waals surface area contributed by atoms with Crippen LogP contribution in [-0.2, 0) is 0 Å². The molecule has 1 fully saturated rings. The van der Waals surface area contributed by atoms with Crippen LogP contribution in [0.5, 0.6) is 0 Å². The molecule has 2 amide bonds. The van der Waals surface area contributed by atoms with Crippen LogP contribution in [0.25, 0.3) is 0 Å². The van der Waals surface area contributed by atoms with E-state index in [4.69, 9.17) is 5.73 Å². The average molecular weight is 244 g/mol. The first-order valence-corrected chi connectivity index (χ1v) is 6.42. The van der Waals surface area contributed by atoms with Crippen LogP contribution in [0.4, 0.5) is 0 Å². The van der Waals surface area contributed by atoms with Gasteiger partial charge in [-0.2, -0.15) is 0 Å². The second kappa shape index (κ2) is 4.21. The highest BCUT2D eigenvalue weighted by Crippen LogP contribution is 2.30. The average Bonchev–Trinajstić information content (AvgIpc) is 2.64. The van der Waals surface area contributed by atoms with Crippen LogP contribution < -0.4 is 5.73 Å². The van der Waals surface area contributed by atoms with Gasteiger partial charge in [-0.1, -0.05) is 25.0 Å². The van der Waals surface area contributed by atoms with E-state index in [1.165, 1.54) is 4.90 Å². The third-order valence-electron chi connectivity index (χ3n) is 3.94. The van der Waals surface area contributed by atoms with E-state index in [-0.39, 0.29) is 23.9 Å². The lowest BCUT2D eigenvalue weighted by molar-refractivity contribution is 0.0525. The molecule has 1 aliphatic heterocycles. The summed E-state index contributed by atoms with van der Waals surface area (Å²) in [5, 5.41) is 0. The zero-order chi connectivity index (χ0) is 12.7. The van der Waals surface area contributed by atoms with Gasteiger partial charge in [-0.15, -0.1) is 0 Å². The van der Waals surface area contributed by atoms with Gasteiger partial charge in [0.1, 0.15) is 0 Å². The molecule has 0 bridgehead atoms. The Balaban J connectivity index is 1.96. The predicted octanol–water partition coefficient (Wildman–Crippen LogP) is 1.55. The number of hydrogen-bond donors (Lipinski definition) is 1. The van der Waals surface area contributed by atoms with Gasteiger partial charge in [0.15, 0.2) is 0 Å². The van der Waals surface area contributed by atoms with Crippen molar-refractivity contribution < 1.29 is 9.59 Å². The van der Waals surface area contributed by atoms with Crippen LogP contribution >= 0.6 is 0 Å². The topological polar surface area (TPSA) is 63.4 Å². The third kappa shape index (κ3) is 1.56. The van der Waals surface area contributed by atoms with Crippen LogP contribution in [0.1, 0.15) is 46.4 Å². The van der Waals surface area contributed by atoms with Gasteiger partial charge >= 0.3 is 0 Å². The molecule has 1 aliphatic carbocycles. The van der Waals surface area contributed by atoms with E-state index in [1.807, 2.05) is 0 Å².